The summed E-state index contributed by atoms with van der Waals surface area (Å²) < 4.78 is 67.6. The number of carbonyl (C=O) groups is 1. The Balaban J connectivity index is 1.61. The Kier molecular flexibility index (Phi) is 7.88. The maximum atomic E-state index is 13.7. The lowest BCUT2D eigenvalue weighted by molar-refractivity contribution is -0.184. The Hall–Kier alpha value is -2.22. The molecule has 4 rings (SSSR count). The van der Waals surface area contributed by atoms with Crippen molar-refractivity contribution in [1.29, 1.82) is 0 Å². The number of anilines is 1. The minimum atomic E-state index is -4.18. The minimum Gasteiger partial charge on any atom is -0.394 e. The van der Waals surface area contributed by atoms with E-state index in [2.05, 4.69) is 5.32 Å². The number of fused-ring (bicyclic) bond motifs is 2. The van der Waals surface area contributed by atoms with Crippen LogP contribution in [0.1, 0.15) is 36.5 Å². The SMILES string of the molecule is C[C@H]1CC2CC(S(=O)(=O)c3cc(C(=O)Nc4cc(F)c(F)c(F)c4)ccc3Cl)CC1[C@@]2(O)[C@H](O)[C@@H](O)CO. The van der Waals surface area contributed by atoms with Crippen LogP contribution in [-0.2, 0) is 9.84 Å². The number of amides is 1. The minimum absolute atomic E-state index is 0.0598. The van der Waals surface area contributed by atoms with Crippen molar-refractivity contribution in [2.24, 2.45) is 17.8 Å². The van der Waals surface area contributed by atoms with E-state index >= 15 is 0 Å². The van der Waals surface area contributed by atoms with Gasteiger partial charge in [0.05, 0.1) is 27.4 Å². The van der Waals surface area contributed by atoms with E-state index in [4.69, 9.17) is 11.6 Å². The summed E-state index contributed by atoms with van der Waals surface area (Å²) in [5, 5.41) is 42.2. The van der Waals surface area contributed by atoms with Crippen LogP contribution in [0.3, 0.4) is 0 Å². The van der Waals surface area contributed by atoms with Crippen LogP contribution >= 0.6 is 11.6 Å². The number of sulfone groups is 1. The van der Waals surface area contributed by atoms with Crippen LogP contribution in [0.4, 0.5) is 18.9 Å². The monoisotopic (exact) mass is 577 g/mol. The molecule has 2 saturated carbocycles. The third-order valence-electron chi connectivity index (χ3n) is 7.86. The first kappa shape index (κ1) is 28.8. The largest absolute Gasteiger partial charge is 0.394 e. The molecule has 38 heavy (non-hydrogen) atoms. The van der Waals surface area contributed by atoms with Gasteiger partial charge in [-0.2, -0.15) is 0 Å². The molecule has 2 fully saturated rings. The molecule has 7 atom stereocenters. The smallest absolute Gasteiger partial charge is 0.255 e. The molecule has 0 radical (unpaired) electrons. The highest BCUT2D eigenvalue weighted by Gasteiger charge is 2.62. The molecular weight excluding hydrogens is 551 g/mol. The average Bonchev–Trinajstić information content (AvgIpc) is 2.99. The fraction of sp³-hybridized carbons (Fsp3) is 0.480. The summed E-state index contributed by atoms with van der Waals surface area (Å²) in [6, 6.07) is 4.58. The highest BCUT2D eigenvalue weighted by molar-refractivity contribution is 7.92. The van der Waals surface area contributed by atoms with E-state index in [0.717, 1.165) is 6.07 Å². The van der Waals surface area contributed by atoms with Gasteiger partial charge in [-0.25, -0.2) is 21.6 Å². The number of aliphatic hydroxyl groups excluding tert-OH is 3. The van der Waals surface area contributed by atoms with Crippen LogP contribution in [-0.4, -0.2) is 64.4 Å². The molecule has 0 heterocycles. The number of hydrogen-bond donors (Lipinski definition) is 5. The molecule has 2 aliphatic carbocycles. The molecular formula is C25H27ClF3NO7S. The van der Waals surface area contributed by atoms with E-state index in [1.807, 2.05) is 6.92 Å². The molecule has 1 amide bonds. The van der Waals surface area contributed by atoms with E-state index in [1.54, 1.807) is 0 Å². The fourth-order valence-electron chi connectivity index (χ4n) is 5.96. The lowest BCUT2D eigenvalue weighted by atomic mass is 9.69. The Bertz CT molecular complexity index is 1340. The van der Waals surface area contributed by atoms with E-state index in [0.29, 0.717) is 18.6 Å². The molecule has 0 saturated heterocycles. The summed E-state index contributed by atoms with van der Waals surface area (Å²) >= 11 is 6.21. The summed E-state index contributed by atoms with van der Waals surface area (Å²) in [5.74, 6) is -7.24. The van der Waals surface area contributed by atoms with Gasteiger partial charge in [0.25, 0.3) is 5.91 Å². The Morgan fingerprint density at radius 1 is 1.13 bits per heavy atom. The summed E-state index contributed by atoms with van der Waals surface area (Å²) in [7, 11) is -4.18. The highest BCUT2D eigenvalue weighted by atomic mass is 35.5. The van der Waals surface area contributed by atoms with E-state index < -0.39 is 74.7 Å². The van der Waals surface area contributed by atoms with Crippen LogP contribution < -0.4 is 5.32 Å². The zero-order chi connectivity index (χ0) is 28.2. The second-order valence-electron chi connectivity index (χ2n) is 10.1. The number of aliphatic hydroxyl groups is 4. The van der Waals surface area contributed by atoms with Gasteiger partial charge < -0.3 is 25.7 Å². The molecule has 2 aromatic rings. The Morgan fingerprint density at radius 2 is 1.76 bits per heavy atom. The number of carbonyl (C=O) groups excluding carboxylic acids is 1. The van der Waals surface area contributed by atoms with Gasteiger partial charge in [-0.1, -0.05) is 18.5 Å². The van der Waals surface area contributed by atoms with Crippen molar-refractivity contribution in [3.63, 3.8) is 0 Å². The topological polar surface area (TPSA) is 144 Å². The molecule has 3 unspecified atom stereocenters. The van der Waals surface area contributed by atoms with Gasteiger partial charge in [0.15, 0.2) is 27.3 Å². The normalized spacial score (nSPS) is 28.7. The van der Waals surface area contributed by atoms with Crippen molar-refractivity contribution in [3.05, 3.63) is 58.4 Å². The van der Waals surface area contributed by atoms with Gasteiger partial charge in [-0.3, -0.25) is 4.79 Å². The summed E-state index contributed by atoms with van der Waals surface area (Å²) in [6.07, 6.45) is -3.00. The van der Waals surface area contributed by atoms with Crippen LogP contribution in [0.25, 0.3) is 0 Å². The molecule has 2 bridgehead atoms. The van der Waals surface area contributed by atoms with Crippen molar-refractivity contribution in [2.45, 2.75) is 54.1 Å². The summed E-state index contributed by atoms with van der Waals surface area (Å²) in [5.41, 5.74) is -2.37. The van der Waals surface area contributed by atoms with Crippen molar-refractivity contribution in [3.8, 4) is 0 Å². The Morgan fingerprint density at radius 3 is 2.34 bits per heavy atom. The predicted octanol–water partition coefficient (Wildman–Crippen LogP) is 2.66. The number of rotatable bonds is 7. The van der Waals surface area contributed by atoms with Crippen molar-refractivity contribution in [2.75, 3.05) is 11.9 Å². The number of halogens is 4. The standard InChI is InChI=1S/C25H27ClF3NO7S/c1-11-4-13-6-15(9-16(11)25(13,35)23(33)20(32)10-31)38(36,37)21-5-12(2-3-17(21)26)24(34)30-14-7-18(27)22(29)19(28)8-14/h2-3,5,7-8,11,13,15-16,20,23,31-33,35H,4,6,9-10H2,1H3,(H,30,34)/t11-,13?,15?,16?,20-,23+,25+/m0/s1. The van der Waals surface area contributed by atoms with E-state index in [9.17, 15) is 46.8 Å². The van der Waals surface area contributed by atoms with Crippen LogP contribution in [0.5, 0.6) is 0 Å². The van der Waals surface area contributed by atoms with Crippen molar-refractivity contribution < 1.29 is 46.8 Å². The zero-order valence-corrected chi connectivity index (χ0v) is 21.7. The number of hydrogen-bond acceptors (Lipinski definition) is 7. The van der Waals surface area contributed by atoms with Gasteiger partial charge >= 0.3 is 0 Å². The first-order valence-corrected chi connectivity index (χ1v) is 13.8. The highest BCUT2D eigenvalue weighted by Crippen LogP contribution is 2.56. The third-order valence-corrected chi connectivity index (χ3v) is 10.5. The quantitative estimate of drug-likeness (QED) is 0.318. The van der Waals surface area contributed by atoms with Crippen molar-refractivity contribution >= 4 is 33.0 Å². The molecule has 5 N–H and O–H groups in total. The van der Waals surface area contributed by atoms with E-state index in [-0.39, 0.29) is 39.9 Å². The molecule has 8 nitrogen and oxygen atoms in total. The molecule has 208 valence electrons. The van der Waals surface area contributed by atoms with Gasteiger partial charge in [0, 0.05) is 23.4 Å². The third kappa shape index (κ3) is 4.82. The second-order valence-corrected chi connectivity index (χ2v) is 12.7. The molecule has 2 aliphatic rings. The lowest BCUT2D eigenvalue weighted by Crippen LogP contribution is -2.60. The first-order chi connectivity index (χ1) is 17.7. The summed E-state index contributed by atoms with van der Waals surface area (Å²) in [4.78, 5) is 12.3. The molecule has 0 spiro atoms. The lowest BCUT2D eigenvalue weighted by Gasteiger charge is -2.46. The van der Waals surface area contributed by atoms with Crippen LogP contribution in [0, 0.1) is 35.2 Å². The first-order valence-electron chi connectivity index (χ1n) is 11.9. The summed E-state index contributed by atoms with van der Waals surface area (Å²) in [6.45, 7) is 1.03. The maximum absolute atomic E-state index is 13.7. The second kappa shape index (κ2) is 10.4. The molecule has 0 aromatic heterocycles. The maximum Gasteiger partial charge on any atom is 0.255 e. The van der Waals surface area contributed by atoms with Crippen molar-refractivity contribution in [1.82, 2.24) is 0 Å². The van der Waals surface area contributed by atoms with Crippen LogP contribution in [0.2, 0.25) is 5.02 Å². The van der Waals surface area contributed by atoms with Gasteiger partial charge in [0.2, 0.25) is 0 Å². The fourth-order valence-corrected chi connectivity index (χ4v) is 8.34. The van der Waals surface area contributed by atoms with Crippen LogP contribution in [0.15, 0.2) is 35.2 Å². The average molecular weight is 578 g/mol. The van der Waals surface area contributed by atoms with E-state index in [1.165, 1.54) is 12.1 Å². The number of nitrogens with one attached hydrogen (secondary N) is 1. The molecule has 2 aromatic carbocycles. The zero-order valence-electron chi connectivity index (χ0n) is 20.1. The van der Waals surface area contributed by atoms with Gasteiger partial charge in [0.1, 0.15) is 12.2 Å². The molecule has 13 heteroatoms. The molecule has 0 aliphatic heterocycles. The predicted molar refractivity (Wildman–Crippen MR) is 131 cm³/mol. The number of benzene rings is 2. The Labute approximate surface area is 222 Å². The van der Waals surface area contributed by atoms with Gasteiger partial charge in [-0.15, -0.1) is 0 Å². The van der Waals surface area contributed by atoms with Gasteiger partial charge in [-0.05, 0) is 55.2 Å².